The first kappa shape index (κ1) is 24.2. The fraction of sp³-hybridized carbons (Fsp3) is 0.591. The molecule has 0 radical (unpaired) electrons. The van der Waals surface area contributed by atoms with Gasteiger partial charge in [0.15, 0.2) is 0 Å². The topological polar surface area (TPSA) is 116 Å². The summed E-state index contributed by atoms with van der Waals surface area (Å²) in [6.45, 7) is 4.86. The Morgan fingerprint density at radius 2 is 1.69 bits per heavy atom. The summed E-state index contributed by atoms with van der Waals surface area (Å²) in [5.74, 6) is -0.735. The molecule has 9 nitrogen and oxygen atoms in total. The molecule has 2 aliphatic rings. The number of carbonyl (C=O) groups is 3. The second-order valence-corrected chi connectivity index (χ2v) is 10.3. The van der Waals surface area contributed by atoms with E-state index in [4.69, 9.17) is 0 Å². The molecule has 1 aromatic carbocycles. The first-order valence-electron chi connectivity index (χ1n) is 11.2. The van der Waals surface area contributed by atoms with Gasteiger partial charge in [0.1, 0.15) is 5.54 Å². The van der Waals surface area contributed by atoms with Crippen LogP contribution in [0.25, 0.3) is 0 Å². The second kappa shape index (κ2) is 9.99. The van der Waals surface area contributed by atoms with E-state index in [1.165, 1.54) is 29.4 Å². The number of benzene rings is 1. The Hall–Kier alpha value is -2.46. The van der Waals surface area contributed by atoms with Crippen LogP contribution >= 0.6 is 0 Å². The standard InChI is InChI=1S/C22H32N4O5S/c1-3-23-21(29)22(10-5-4-6-11-22)24-20(28)18-8-7-9-19(16-18)32(30,31)26-14-12-25(13-15-26)17(2)27/h7-9,16H,3-6,10-15H2,1-2H3,(H,23,29)(H,24,28). The van der Waals surface area contributed by atoms with Gasteiger partial charge in [0.05, 0.1) is 4.90 Å². The highest BCUT2D eigenvalue weighted by Gasteiger charge is 2.41. The van der Waals surface area contributed by atoms with Crippen molar-refractivity contribution in [2.45, 2.75) is 56.4 Å². The first-order chi connectivity index (χ1) is 15.2. The summed E-state index contributed by atoms with van der Waals surface area (Å²) in [4.78, 5) is 38.9. The van der Waals surface area contributed by atoms with Crippen molar-refractivity contribution in [2.75, 3.05) is 32.7 Å². The van der Waals surface area contributed by atoms with Gasteiger partial charge in [-0.15, -0.1) is 0 Å². The molecule has 0 atom stereocenters. The fourth-order valence-corrected chi connectivity index (χ4v) is 5.84. The smallest absolute Gasteiger partial charge is 0.252 e. The highest BCUT2D eigenvalue weighted by Crippen LogP contribution is 2.29. The molecule has 1 aliphatic carbocycles. The molecule has 2 fully saturated rings. The number of hydrogen-bond acceptors (Lipinski definition) is 5. The van der Waals surface area contributed by atoms with Crippen LogP contribution in [0, 0.1) is 0 Å². The molecule has 1 aliphatic heterocycles. The lowest BCUT2D eigenvalue weighted by Gasteiger charge is -2.36. The molecular weight excluding hydrogens is 432 g/mol. The Bertz CT molecular complexity index is 964. The molecule has 1 aromatic rings. The Labute approximate surface area is 189 Å². The van der Waals surface area contributed by atoms with Crippen LogP contribution < -0.4 is 10.6 Å². The maximum Gasteiger partial charge on any atom is 0.252 e. The summed E-state index contributed by atoms with van der Waals surface area (Å²) in [5.41, 5.74) is -0.772. The molecule has 0 unspecified atom stereocenters. The van der Waals surface area contributed by atoms with Gasteiger partial charge in [-0.3, -0.25) is 14.4 Å². The number of carbonyl (C=O) groups excluding carboxylic acids is 3. The highest BCUT2D eigenvalue weighted by atomic mass is 32.2. The van der Waals surface area contributed by atoms with E-state index in [9.17, 15) is 22.8 Å². The molecule has 1 heterocycles. The van der Waals surface area contributed by atoms with Gasteiger partial charge in [-0.25, -0.2) is 8.42 Å². The molecule has 1 saturated heterocycles. The van der Waals surface area contributed by atoms with Crippen LogP contribution in [0.4, 0.5) is 0 Å². The lowest BCUT2D eigenvalue weighted by Crippen LogP contribution is -2.59. The van der Waals surface area contributed by atoms with E-state index in [1.807, 2.05) is 6.92 Å². The Morgan fingerprint density at radius 3 is 2.28 bits per heavy atom. The first-order valence-corrected chi connectivity index (χ1v) is 12.6. The summed E-state index contributed by atoms with van der Waals surface area (Å²) >= 11 is 0. The largest absolute Gasteiger partial charge is 0.354 e. The Morgan fingerprint density at radius 1 is 1.03 bits per heavy atom. The van der Waals surface area contributed by atoms with Gasteiger partial charge in [0, 0.05) is 45.2 Å². The van der Waals surface area contributed by atoms with Crippen molar-refractivity contribution in [1.29, 1.82) is 0 Å². The van der Waals surface area contributed by atoms with Crippen LogP contribution in [0.15, 0.2) is 29.2 Å². The summed E-state index contributed by atoms with van der Waals surface area (Å²) in [5, 5.41) is 5.73. The molecule has 0 aromatic heterocycles. The molecular formula is C22H32N4O5S. The van der Waals surface area contributed by atoms with Crippen molar-refractivity contribution in [1.82, 2.24) is 19.8 Å². The Balaban J connectivity index is 1.78. The van der Waals surface area contributed by atoms with Gasteiger partial charge in [-0.2, -0.15) is 4.31 Å². The lowest BCUT2D eigenvalue weighted by atomic mass is 9.80. The monoisotopic (exact) mass is 464 g/mol. The normalized spacial score (nSPS) is 19.2. The van der Waals surface area contributed by atoms with Crippen molar-refractivity contribution in [3.63, 3.8) is 0 Å². The van der Waals surface area contributed by atoms with E-state index >= 15 is 0 Å². The molecule has 32 heavy (non-hydrogen) atoms. The van der Waals surface area contributed by atoms with E-state index < -0.39 is 21.5 Å². The third-order valence-electron chi connectivity index (χ3n) is 6.25. The number of nitrogens with zero attached hydrogens (tertiary/aromatic N) is 2. The van der Waals surface area contributed by atoms with Gasteiger partial charge in [-0.1, -0.05) is 25.3 Å². The maximum absolute atomic E-state index is 13.1. The van der Waals surface area contributed by atoms with Crippen LogP contribution in [0.5, 0.6) is 0 Å². The van der Waals surface area contributed by atoms with Crippen LogP contribution in [0.1, 0.15) is 56.3 Å². The third-order valence-corrected chi connectivity index (χ3v) is 8.14. The molecule has 0 bridgehead atoms. The lowest BCUT2D eigenvalue weighted by molar-refractivity contribution is -0.130. The van der Waals surface area contributed by atoms with Gasteiger partial charge in [-0.05, 0) is 38.0 Å². The van der Waals surface area contributed by atoms with Crippen molar-refractivity contribution in [3.05, 3.63) is 29.8 Å². The van der Waals surface area contributed by atoms with Crippen molar-refractivity contribution >= 4 is 27.7 Å². The van der Waals surface area contributed by atoms with E-state index in [0.29, 0.717) is 32.5 Å². The van der Waals surface area contributed by atoms with Crippen LogP contribution in [-0.4, -0.2) is 73.6 Å². The van der Waals surface area contributed by atoms with Crippen molar-refractivity contribution in [3.8, 4) is 0 Å². The molecule has 3 rings (SSSR count). The average Bonchev–Trinajstić information content (AvgIpc) is 2.80. The SMILES string of the molecule is CCNC(=O)C1(NC(=O)c2cccc(S(=O)(=O)N3CCN(C(C)=O)CC3)c2)CCCCC1. The minimum atomic E-state index is -3.80. The number of rotatable bonds is 6. The van der Waals surface area contributed by atoms with Gasteiger partial charge in [0.2, 0.25) is 21.8 Å². The molecule has 3 amide bonds. The number of piperazine rings is 1. The van der Waals surface area contributed by atoms with Crippen LogP contribution in [0.2, 0.25) is 0 Å². The number of sulfonamides is 1. The second-order valence-electron chi connectivity index (χ2n) is 8.39. The minimum Gasteiger partial charge on any atom is -0.354 e. The van der Waals surface area contributed by atoms with Crippen molar-refractivity contribution < 1.29 is 22.8 Å². The van der Waals surface area contributed by atoms with Crippen LogP contribution in [-0.2, 0) is 19.6 Å². The fourth-order valence-electron chi connectivity index (χ4n) is 4.37. The third kappa shape index (κ3) is 5.12. The summed E-state index contributed by atoms with van der Waals surface area (Å²) < 4.78 is 27.6. The zero-order valence-corrected chi connectivity index (χ0v) is 19.5. The van der Waals surface area contributed by atoms with Gasteiger partial charge in [0.25, 0.3) is 5.91 Å². The van der Waals surface area contributed by atoms with Crippen LogP contribution in [0.3, 0.4) is 0 Å². The molecule has 10 heteroatoms. The molecule has 2 N–H and O–H groups in total. The predicted molar refractivity (Wildman–Crippen MR) is 119 cm³/mol. The minimum absolute atomic E-state index is 0.0251. The maximum atomic E-state index is 13.1. The number of hydrogen-bond donors (Lipinski definition) is 2. The van der Waals surface area contributed by atoms with Crippen molar-refractivity contribution in [2.24, 2.45) is 0 Å². The van der Waals surface area contributed by atoms with Gasteiger partial charge < -0.3 is 15.5 Å². The Kier molecular flexibility index (Phi) is 7.55. The average molecular weight is 465 g/mol. The van der Waals surface area contributed by atoms with E-state index in [2.05, 4.69) is 10.6 Å². The van der Waals surface area contributed by atoms with E-state index in [1.54, 1.807) is 11.0 Å². The number of amides is 3. The molecule has 176 valence electrons. The summed E-state index contributed by atoms with van der Waals surface area (Å²) in [7, 11) is -3.80. The number of likely N-dealkylation sites (N-methyl/N-ethyl adjacent to an activating group) is 1. The zero-order chi connectivity index (χ0) is 23.4. The molecule has 0 spiro atoms. The van der Waals surface area contributed by atoms with Gasteiger partial charge >= 0.3 is 0 Å². The summed E-state index contributed by atoms with van der Waals surface area (Å²) in [6, 6.07) is 5.91. The number of nitrogens with one attached hydrogen (secondary N) is 2. The molecule has 1 saturated carbocycles. The van der Waals surface area contributed by atoms with E-state index in [0.717, 1.165) is 19.3 Å². The van der Waals surface area contributed by atoms with E-state index in [-0.39, 0.29) is 35.4 Å². The zero-order valence-electron chi connectivity index (χ0n) is 18.7. The highest BCUT2D eigenvalue weighted by molar-refractivity contribution is 7.89. The predicted octanol–water partition coefficient (Wildman–Crippen LogP) is 1.11. The summed E-state index contributed by atoms with van der Waals surface area (Å²) in [6.07, 6.45) is 3.82. The quantitative estimate of drug-likeness (QED) is 0.654.